The SMILES string of the molecule is Fc1ccc2nc(CC3CCNCC3)n(C3CC3)c2c1. The minimum absolute atomic E-state index is 0.160. The Bertz CT molecular complexity index is 624. The Balaban J connectivity index is 1.72. The molecule has 1 N–H and O–H groups in total. The van der Waals surface area contributed by atoms with Gasteiger partial charge < -0.3 is 9.88 Å². The summed E-state index contributed by atoms with van der Waals surface area (Å²) in [4.78, 5) is 4.79. The monoisotopic (exact) mass is 273 g/mol. The highest BCUT2D eigenvalue weighted by atomic mass is 19.1. The van der Waals surface area contributed by atoms with Crippen LogP contribution in [0.25, 0.3) is 11.0 Å². The summed E-state index contributed by atoms with van der Waals surface area (Å²) in [6.07, 6.45) is 5.90. The average molecular weight is 273 g/mol. The van der Waals surface area contributed by atoms with E-state index in [1.807, 2.05) is 6.07 Å². The average Bonchev–Trinajstić information content (AvgIpc) is 3.23. The lowest BCUT2D eigenvalue weighted by atomic mass is 9.94. The van der Waals surface area contributed by atoms with Crippen LogP contribution in [0.15, 0.2) is 18.2 Å². The number of benzene rings is 1. The van der Waals surface area contributed by atoms with Crippen LogP contribution in [0.2, 0.25) is 0 Å². The Kier molecular flexibility index (Phi) is 2.99. The molecular formula is C16H20FN3. The molecule has 1 aromatic heterocycles. The van der Waals surface area contributed by atoms with Gasteiger partial charge in [-0.2, -0.15) is 0 Å². The van der Waals surface area contributed by atoms with Crippen molar-refractivity contribution in [1.82, 2.24) is 14.9 Å². The lowest BCUT2D eigenvalue weighted by Crippen LogP contribution is -2.29. The van der Waals surface area contributed by atoms with Crippen molar-refractivity contribution in [2.75, 3.05) is 13.1 Å². The van der Waals surface area contributed by atoms with E-state index in [-0.39, 0.29) is 5.82 Å². The lowest BCUT2D eigenvalue weighted by Gasteiger charge is -2.22. The fourth-order valence-electron chi connectivity index (χ4n) is 3.34. The molecule has 1 aromatic carbocycles. The van der Waals surface area contributed by atoms with E-state index in [4.69, 9.17) is 4.98 Å². The zero-order valence-corrected chi connectivity index (χ0v) is 11.6. The largest absolute Gasteiger partial charge is 0.325 e. The summed E-state index contributed by atoms with van der Waals surface area (Å²) in [5.74, 6) is 1.73. The highest BCUT2D eigenvalue weighted by Gasteiger charge is 2.29. The van der Waals surface area contributed by atoms with Gasteiger partial charge in [0.15, 0.2) is 0 Å². The van der Waals surface area contributed by atoms with Crippen LogP contribution < -0.4 is 5.32 Å². The third-order valence-corrected chi connectivity index (χ3v) is 4.57. The number of rotatable bonds is 3. The van der Waals surface area contributed by atoms with Gasteiger partial charge in [0, 0.05) is 12.5 Å². The van der Waals surface area contributed by atoms with Gasteiger partial charge in [-0.3, -0.25) is 0 Å². The summed E-state index contributed by atoms with van der Waals surface area (Å²) < 4.78 is 15.8. The summed E-state index contributed by atoms with van der Waals surface area (Å²) in [5.41, 5.74) is 1.93. The molecule has 20 heavy (non-hydrogen) atoms. The standard InChI is InChI=1S/C16H20FN3/c17-12-1-4-14-15(10-12)20(13-2-3-13)16(19-14)9-11-5-7-18-8-6-11/h1,4,10-11,13,18H,2-3,5-9H2. The summed E-state index contributed by atoms with van der Waals surface area (Å²) in [5, 5.41) is 3.41. The van der Waals surface area contributed by atoms with Gasteiger partial charge in [-0.05, 0) is 62.9 Å². The molecule has 0 amide bonds. The van der Waals surface area contributed by atoms with Crippen LogP contribution in [0.5, 0.6) is 0 Å². The van der Waals surface area contributed by atoms with E-state index in [1.54, 1.807) is 6.07 Å². The quantitative estimate of drug-likeness (QED) is 0.931. The number of fused-ring (bicyclic) bond motifs is 1. The molecule has 0 radical (unpaired) electrons. The normalized spacial score (nSPS) is 20.6. The fraction of sp³-hybridized carbons (Fsp3) is 0.562. The summed E-state index contributed by atoms with van der Waals surface area (Å²) in [6.45, 7) is 2.23. The Hall–Kier alpha value is -1.42. The van der Waals surface area contributed by atoms with Crippen LogP contribution in [0.3, 0.4) is 0 Å². The minimum atomic E-state index is -0.160. The summed E-state index contributed by atoms with van der Waals surface area (Å²) in [7, 11) is 0. The van der Waals surface area contributed by atoms with Crippen LogP contribution in [-0.2, 0) is 6.42 Å². The highest BCUT2D eigenvalue weighted by molar-refractivity contribution is 5.76. The number of nitrogens with zero attached hydrogens (tertiary/aromatic N) is 2. The van der Waals surface area contributed by atoms with Gasteiger partial charge in [0.25, 0.3) is 0 Å². The molecule has 0 atom stereocenters. The number of hydrogen-bond acceptors (Lipinski definition) is 2. The van der Waals surface area contributed by atoms with E-state index in [1.165, 1.54) is 37.6 Å². The van der Waals surface area contributed by atoms with Gasteiger partial charge in [-0.1, -0.05) is 0 Å². The van der Waals surface area contributed by atoms with Crippen LogP contribution >= 0.6 is 0 Å². The van der Waals surface area contributed by atoms with Gasteiger partial charge in [0.2, 0.25) is 0 Å². The van der Waals surface area contributed by atoms with Gasteiger partial charge in [0.05, 0.1) is 11.0 Å². The van der Waals surface area contributed by atoms with Crippen molar-refractivity contribution < 1.29 is 4.39 Å². The van der Waals surface area contributed by atoms with Crippen molar-refractivity contribution in [3.05, 3.63) is 29.8 Å². The van der Waals surface area contributed by atoms with Crippen molar-refractivity contribution in [3.63, 3.8) is 0 Å². The first kappa shape index (κ1) is 12.3. The third-order valence-electron chi connectivity index (χ3n) is 4.57. The van der Waals surface area contributed by atoms with E-state index in [2.05, 4.69) is 9.88 Å². The second-order valence-electron chi connectivity index (χ2n) is 6.16. The highest BCUT2D eigenvalue weighted by Crippen LogP contribution is 2.39. The molecule has 2 heterocycles. The van der Waals surface area contributed by atoms with Crippen LogP contribution in [0, 0.1) is 11.7 Å². The molecule has 0 spiro atoms. The Morgan fingerprint density at radius 1 is 1.20 bits per heavy atom. The maximum absolute atomic E-state index is 13.5. The zero-order chi connectivity index (χ0) is 13.5. The molecule has 0 unspecified atom stereocenters. The first-order chi connectivity index (χ1) is 9.81. The fourth-order valence-corrected chi connectivity index (χ4v) is 3.34. The first-order valence-corrected chi connectivity index (χ1v) is 7.68. The molecule has 4 rings (SSSR count). The number of imidazole rings is 1. The molecule has 1 saturated carbocycles. The maximum atomic E-state index is 13.5. The van der Waals surface area contributed by atoms with E-state index in [9.17, 15) is 4.39 Å². The van der Waals surface area contributed by atoms with Crippen molar-refractivity contribution in [1.29, 1.82) is 0 Å². The van der Waals surface area contributed by atoms with Gasteiger partial charge >= 0.3 is 0 Å². The molecular weight excluding hydrogens is 253 g/mol. The van der Waals surface area contributed by atoms with Crippen molar-refractivity contribution >= 4 is 11.0 Å². The molecule has 106 valence electrons. The van der Waals surface area contributed by atoms with E-state index >= 15 is 0 Å². The number of hydrogen-bond donors (Lipinski definition) is 1. The Labute approximate surface area is 118 Å². The third kappa shape index (κ3) is 2.22. The molecule has 0 bridgehead atoms. The predicted octanol–water partition coefficient (Wildman–Crippen LogP) is 3.05. The second-order valence-corrected chi connectivity index (χ2v) is 6.16. The number of nitrogens with one attached hydrogen (secondary N) is 1. The topological polar surface area (TPSA) is 29.9 Å². The number of aromatic nitrogens is 2. The zero-order valence-electron chi connectivity index (χ0n) is 11.6. The molecule has 4 heteroatoms. The number of halogens is 1. The van der Waals surface area contributed by atoms with Crippen molar-refractivity contribution in [3.8, 4) is 0 Å². The first-order valence-electron chi connectivity index (χ1n) is 7.68. The van der Waals surface area contributed by atoms with Gasteiger partial charge in [0.1, 0.15) is 11.6 Å². The van der Waals surface area contributed by atoms with Gasteiger partial charge in [-0.15, -0.1) is 0 Å². The smallest absolute Gasteiger partial charge is 0.125 e. The maximum Gasteiger partial charge on any atom is 0.125 e. The molecule has 1 aliphatic heterocycles. The molecule has 1 aliphatic carbocycles. The summed E-state index contributed by atoms with van der Waals surface area (Å²) >= 11 is 0. The molecule has 2 fully saturated rings. The second kappa shape index (κ2) is 4.85. The van der Waals surface area contributed by atoms with Crippen molar-refractivity contribution in [2.45, 2.75) is 38.1 Å². The van der Waals surface area contributed by atoms with E-state index in [0.29, 0.717) is 6.04 Å². The van der Waals surface area contributed by atoms with Gasteiger partial charge in [-0.25, -0.2) is 9.37 Å². The summed E-state index contributed by atoms with van der Waals surface area (Å²) in [6, 6.07) is 5.53. The Morgan fingerprint density at radius 2 is 2.00 bits per heavy atom. The van der Waals surface area contributed by atoms with Crippen molar-refractivity contribution in [2.24, 2.45) is 5.92 Å². The molecule has 1 saturated heterocycles. The molecule has 3 nitrogen and oxygen atoms in total. The predicted molar refractivity (Wildman–Crippen MR) is 77.3 cm³/mol. The van der Waals surface area contributed by atoms with Crippen LogP contribution in [-0.4, -0.2) is 22.6 Å². The number of piperidine rings is 1. The van der Waals surface area contributed by atoms with E-state index in [0.717, 1.165) is 36.5 Å². The minimum Gasteiger partial charge on any atom is -0.325 e. The Morgan fingerprint density at radius 3 is 2.75 bits per heavy atom. The lowest BCUT2D eigenvalue weighted by molar-refractivity contribution is 0.363. The van der Waals surface area contributed by atoms with Crippen LogP contribution in [0.4, 0.5) is 4.39 Å². The van der Waals surface area contributed by atoms with E-state index < -0.39 is 0 Å². The molecule has 2 aliphatic rings. The molecule has 2 aromatic rings. The van der Waals surface area contributed by atoms with Crippen LogP contribution in [0.1, 0.15) is 37.5 Å².